The summed E-state index contributed by atoms with van der Waals surface area (Å²) in [6.07, 6.45) is 3.14. The Bertz CT molecular complexity index is 750. The molecule has 1 fully saturated rings. The van der Waals surface area contributed by atoms with Gasteiger partial charge < -0.3 is 15.0 Å². The fraction of sp³-hybridized carbons (Fsp3) is 0.474. The molecule has 7 nitrogen and oxygen atoms in total. The van der Waals surface area contributed by atoms with Crippen LogP contribution in [0.3, 0.4) is 0 Å². The molecule has 27 heavy (non-hydrogen) atoms. The van der Waals surface area contributed by atoms with E-state index in [1.807, 2.05) is 31.4 Å². The lowest BCUT2D eigenvalue weighted by Crippen LogP contribution is -2.36. The van der Waals surface area contributed by atoms with E-state index >= 15 is 0 Å². The van der Waals surface area contributed by atoms with Gasteiger partial charge in [0.1, 0.15) is 11.9 Å². The second-order valence-electron chi connectivity index (χ2n) is 6.46. The number of thiocyanates is 1. The summed E-state index contributed by atoms with van der Waals surface area (Å²) < 4.78 is 5.02. The topological polar surface area (TPSA) is 99.5 Å². The maximum absolute atomic E-state index is 12.1. The largest absolute Gasteiger partial charge is 0.454 e. The number of ether oxygens (including phenoxy) is 1. The number of nitrogens with one attached hydrogen (secondary N) is 1. The first-order valence-electron chi connectivity index (χ1n) is 8.81. The van der Waals surface area contributed by atoms with Gasteiger partial charge in [-0.25, -0.2) is 0 Å². The first-order chi connectivity index (χ1) is 12.9. The van der Waals surface area contributed by atoms with Crippen LogP contribution in [0.1, 0.15) is 36.8 Å². The number of anilines is 1. The number of hydrogen-bond acceptors (Lipinski definition) is 6. The van der Waals surface area contributed by atoms with Crippen LogP contribution < -0.4 is 5.32 Å². The molecule has 0 aliphatic carbocycles. The van der Waals surface area contributed by atoms with Crippen LogP contribution in [0.15, 0.2) is 17.0 Å². The van der Waals surface area contributed by atoms with Gasteiger partial charge >= 0.3 is 5.97 Å². The number of rotatable bonds is 6. The first-order valence-corrected chi connectivity index (χ1v) is 9.62. The van der Waals surface area contributed by atoms with Gasteiger partial charge in [0.25, 0.3) is 5.91 Å². The van der Waals surface area contributed by atoms with Crippen molar-refractivity contribution in [3.05, 3.63) is 23.3 Å². The fourth-order valence-corrected chi connectivity index (χ4v) is 3.54. The van der Waals surface area contributed by atoms with Crippen LogP contribution in [0.4, 0.5) is 5.69 Å². The molecule has 1 aliphatic heterocycles. The summed E-state index contributed by atoms with van der Waals surface area (Å²) in [5, 5.41) is 13.5. The Morgan fingerprint density at radius 3 is 2.63 bits per heavy atom. The van der Waals surface area contributed by atoms with E-state index in [9.17, 15) is 14.4 Å². The van der Waals surface area contributed by atoms with Crippen molar-refractivity contribution >= 4 is 35.2 Å². The summed E-state index contributed by atoms with van der Waals surface area (Å²) in [5.74, 6) is -1.08. The van der Waals surface area contributed by atoms with E-state index in [4.69, 9.17) is 10.00 Å². The molecule has 2 rings (SSSR count). The highest BCUT2D eigenvalue weighted by Crippen LogP contribution is 2.27. The highest BCUT2D eigenvalue weighted by Gasteiger charge is 2.20. The van der Waals surface area contributed by atoms with Crippen molar-refractivity contribution in [1.29, 1.82) is 5.26 Å². The molecule has 1 N–H and O–H groups in total. The summed E-state index contributed by atoms with van der Waals surface area (Å²) in [4.78, 5) is 38.3. The molecule has 1 heterocycles. The van der Waals surface area contributed by atoms with Crippen molar-refractivity contribution in [2.75, 3.05) is 25.0 Å². The standard InChI is InChI=1S/C19H23N3O4S/c1-13-8-15(27-12-20)9-14(2)19(13)21-16(23)11-26-18(25)10-22-7-5-3-4-6-17(22)24/h8-9H,3-7,10-11H2,1-2H3,(H,21,23). The van der Waals surface area contributed by atoms with Crippen molar-refractivity contribution < 1.29 is 19.1 Å². The van der Waals surface area contributed by atoms with Gasteiger partial charge in [-0.3, -0.25) is 14.4 Å². The lowest BCUT2D eigenvalue weighted by atomic mass is 10.1. The molecule has 1 saturated heterocycles. The molecule has 1 aromatic rings. The van der Waals surface area contributed by atoms with Gasteiger partial charge in [-0.1, -0.05) is 6.42 Å². The Morgan fingerprint density at radius 2 is 1.96 bits per heavy atom. The summed E-state index contributed by atoms with van der Waals surface area (Å²) in [6, 6.07) is 3.63. The zero-order valence-electron chi connectivity index (χ0n) is 15.5. The van der Waals surface area contributed by atoms with Crippen LogP contribution in [0.25, 0.3) is 0 Å². The molecule has 1 aliphatic rings. The average Bonchev–Trinajstić information content (AvgIpc) is 2.81. The van der Waals surface area contributed by atoms with E-state index in [2.05, 4.69) is 5.32 Å². The Labute approximate surface area is 163 Å². The number of nitriles is 1. The summed E-state index contributed by atoms with van der Waals surface area (Å²) in [7, 11) is 0. The highest BCUT2D eigenvalue weighted by atomic mass is 32.2. The van der Waals surface area contributed by atoms with Crippen molar-refractivity contribution in [3.63, 3.8) is 0 Å². The van der Waals surface area contributed by atoms with Crippen LogP contribution in [-0.4, -0.2) is 42.4 Å². The first kappa shape index (κ1) is 20.8. The molecule has 0 radical (unpaired) electrons. The number of esters is 1. The van der Waals surface area contributed by atoms with Crippen molar-refractivity contribution in [1.82, 2.24) is 4.90 Å². The summed E-state index contributed by atoms with van der Waals surface area (Å²) in [6.45, 7) is 3.69. The minimum Gasteiger partial charge on any atom is -0.454 e. The van der Waals surface area contributed by atoms with Crippen LogP contribution in [0.2, 0.25) is 0 Å². The van der Waals surface area contributed by atoms with Crippen LogP contribution >= 0.6 is 11.8 Å². The average molecular weight is 389 g/mol. The minimum absolute atomic E-state index is 0.0459. The van der Waals surface area contributed by atoms with Gasteiger partial charge in [-0.15, -0.1) is 0 Å². The highest BCUT2D eigenvalue weighted by molar-refractivity contribution is 8.03. The number of likely N-dealkylation sites (tertiary alicyclic amines) is 1. The van der Waals surface area contributed by atoms with Crippen LogP contribution in [0, 0.1) is 24.5 Å². The second-order valence-corrected chi connectivity index (χ2v) is 7.32. The van der Waals surface area contributed by atoms with Crippen LogP contribution in [0.5, 0.6) is 0 Å². The third-order valence-electron chi connectivity index (χ3n) is 4.29. The Hall–Kier alpha value is -2.53. The summed E-state index contributed by atoms with van der Waals surface area (Å²) in [5.41, 5.74) is 2.28. The number of carbonyl (C=O) groups excluding carboxylic acids is 3. The molecule has 0 aromatic heterocycles. The Kier molecular flexibility index (Phi) is 7.67. The maximum atomic E-state index is 12.1. The Morgan fingerprint density at radius 1 is 1.26 bits per heavy atom. The van der Waals surface area contributed by atoms with E-state index in [1.165, 1.54) is 4.90 Å². The second kappa shape index (κ2) is 9.97. The lowest BCUT2D eigenvalue weighted by Gasteiger charge is -2.19. The van der Waals surface area contributed by atoms with Gasteiger partial charge in [0, 0.05) is 23.5 Å². The van der Waals surface area contributed by atoms with Crippen LogP contribution in [-0.2, 0) is 19.1 Å². The molecular formula is C19H23N3O4S. The van der Waals surface area contributed by atoms with E-state index in [-0.39, 0.29) is 12.5 Å². The smallest absolute Gasteiger partial charge is 0.326 e. The van der Waals surface area contributed by atoms with Gasteiger partial charge in [-0.05, 0) is 61.7 Å². The molecular weight excluding hydrogens is 366 g/mol. The number of amides is 2. The molecule has 0 bridgehead atoms. The third kappa shape index (κ3) is 6.29. The number of carbonyl (C=O) groups is 3. The molecule has 0 spiro atoms. The van der Waals surface area contributed by atoms with Crippen molar-refractivity contribution in [2.45, 2.75) is 44.4 Å². The van der Waals surface area contributed by atoms with E-state index in [1.54, 1.807) is 0 Å². The van der Waals surface area contributed by atoms with E-state index in [0.29, 0.717) is 18.7 Å². The normalized spacial score (nSPS) is 14.3. The predicted molar refractivity (Wildman–Crippen MR) is 102 cm³/mol. The summed E-state index contributed by atoms with van der Waals surface area (Å²) >= 11 is 1.05. The SMILES string of the molecule is Cc1cc(SC#N)cc(C)c1NC(=O)COC(=O)CN1CCCCCC1=O. The lowest BCUT2D eigenvalue weighted by molar-refractivity contribution is -0.151. The quantitative estimate of drug-likeness (QED) is 0.456. The third-order valence-corrected chi connectivity index (χ3v) is 4.85. The zero-order chi connectivity index (χ0) is 19.8. The number of nitrogens with zero attached hydrogens (tertiary/aromatic N) is 2. The zero-order valence-corrected chi connectivity index (χ0v) is 16.4. The van der Waals surface area contributed by atoms with Gasteiger partial charge in [-0.2, -0.15) is 5.26 Å². The predicted octanol–water partition coefficient (Wildman–Crippen LogP) is 2.76. The minimum atomic E-state index is -0.588. The number of aryl methyl sites for hydroxylation is 2. The van der Waals surface area contributed by atoms with E-state index < -0.39 is 18.5 Å². The molecule has 8 heteroatoms. The molecule has 1 aromatic carbocycles. The molecule has 2 amide bonds. The van der Waals surface area contributed by atoms with E-state index in [0.717, 1.165) is 47.0 Å². The van der Waals surface area contributed by atoms with Gasteiger partial charge in [0.05, 0.1) is 0 Å². The maximum Gasteiger partial charge on any atom is 0.326 e. The van der Waals surface area contributed by atoms with Crippen molar-refractivity contribution in [3.8, 4) is 5.40 Å². The Balaban J connectivity index is 1.86. The molecule has 144 valence electrons. The molecule has 0 atom stereocenters. The number of thioether (sulfide) groups is 1. The monoisotopic (exact) mass is 389 g/mol. The van der Waals surface area contributed by atoms with Gasteiger partial charge in [0.2, 0.25) is 5.91 Å². The van der Waals surface area contributed by atoms with Crippen molar-refractivity contribution in [2.24, 2.45) is 0 Å². The molecule has 0 unspecified atom stereocenters. The molecule has 0 saturated carbocycles. The fourth-order valence-electron chi connectivity index (χ4n) is 2.96. The number of hydrogen-bond donors (Lipinski definition) is 1. The van der Waals surface area contributed by atoms with Gasteiger partial charge in [0.15, 0.2) is 6.61 Å². The number of benzene rings is 1.